The standard InChI is InChI=1S/C18H23N7O/c1-11-13-8-12(10-20-18(13)25(3)23-11)9-19-14-4-5-16(26)22-17(14)15-6-7-21-24(15)2/h6-8,10,14,17,19H,4-5,9H2,1-3H3,(H,22,26)/t14-,17-/m1/s1. The topological polar surface area (TPSA) is 89.7 Å². The molecule has 1 aliphatic rings. The summed E-state index contributed by atoms with van der Waals surface area (Å²) in [4.78, 5) is 16.4. The van der Waals surface area contributed by atoms with E-state index in [1.165, 1.54) is 0 Å². The van der Waals surface area contributed by atoms with Crippen LogP contribution in [0, 0.1) is 6.92 Å². The van der Waals surface area contributed by atoms with Gasteiger partial charge in [-0.3, -0.25) is 14.2 Å². The smallest absolute Gasteiger partial charge is 0.220 e. The lowest BCUT2D eigenvalue weighted by atomic mass is 9.95. The third kappa shape index (κ3) is 2.96. The molecule has 0 saturated carbocycles. The van der Waals surface area contributed by atoms with Crippen molar-refractivity contribution in [1.29, 1.82) is 0 Å². The maximum Gasteiger partial charge on any atom is 0.220 e. The zero-order chi connectivity index (χ0) is 18.3. The summed E-state index contributed by atoms with van der Waals surface area (Å²) in [5.74, 6) is 0.0864. The van der Waals surface area contributed by atoms with Gasteiger partial charge in [0.2, 0.25) is 5.91 Å². The summed E-state index contributed by atoms with van der Waals surface area (Å²) in [5, 5.41) is 16.4. The van der Waals surface area contributed by atoms with Crippen LogP contribution in [0.15, 0.2) is 24.5 Å². The van der Waals surface area contributed by atoms with Crippen molar-refractivity contribution in [3.63, 3.8) is 0 Å². The molecule has 4 rings (SSSR count). The van der Waals surface area contributed by atoms with Crippen molar-refractivity contribution < 1.29 is 4.79 Å². The molecule has 1 fully saturated rings. The Bertz CT molecular complexity index is 958. The lowest BCUT2D eigenvalue weighted by molar-refractivity contribution is -0.124. The van der Waals surface area contributed by atoms with Gasteiger partial charge in [0.1, 0.15) is 0 Å². The highest BCUT2D eigenvalue weighted by Crippen LogP contribution is 2.24. The minimum atomic E-state index is -0.0828. The Morgan fingerprint density at radius 3 is 2.96 bits per heavy atom. The lowest BCUT2D eigenvalue weighted by Gasteiger charge is -2.33. The molecule has 0 bridgehead atoms. The van der Waals surface area contributed by atoms with Gasteiger partial charge in [-0.25, -0.2) is 4.98 Å². The molecule has 2 atom stereocenters. The van der Waals surface area contributed by atoms with E-state index in [9.17, 15) is 4.79 Å². The Labute approximate surface area is 151 Å². The van der Waals surface area contributed by atoms with Gasteiger partial charge in [0.15, 0.2) is 5.65 Å². The minimum absolute atomic E-state index is 0.0828. The lowest BCUT2D eigenvalue weighted by Crippen LogP contribution is -2.48. The number of carbonyl (C=O) groups excluding carboxylic acids is 1. The monoisotopic (exact) mass is 353 g/mol. The molecule has 26 heavy (non-hydrogen) atoms. The Morgan fingerprint density at radius 1 is 1.35 bits per heavy atom. The number of fused-ring (bicyclic) bond motifs is 1. The maximum atomic E-state index is 11.9. The van der Waals surface area contributed by atoms with Crippen LogP contribution < -0.4 is 10.6 Å². The van der Waals surface area contributed by atoms with Crippen LogP contribution in [-0.2, 0) is 25.4 Å². The number of nitrogens with one attached hydrogen (secondary N) is 2. The number of amides is 1. The zero-order valence-corrected chi connectivity index (χ0v) is 15.2. The molecule has 3 aromatic rings. The van der Waals surface area contributed by atoms with Crippen molar-refractivity contribution in [3.8, 4) is 0 Å². The number of hydrogen-bond acceptors (Lipinski definition) is 5. The maximum absolute atomic E-state index is 11.9. The predicted octanol–water partition coefficient (Wildman–Crippen LogP) is 1.12. The number of aromatic nitrogens is 5. The average Bonchev–Trinajstić information content (AvgIpc) is 3.17. The quantitative estimate of drug-likeness (QED) is 0.734. The van der Waals surface area contributed by atoms with Crippen molar-refractivity contribution in [1.82, 2.24) is 35.2 Å². The van der Waals surface area contributed by atoms with E-state index in [1.807, 2.05) is 38.0 Å². The molecule has 1 amide bonds. The van der Waals surface area contributed by atoms with Crippen molar-refractivity contribution >= 4 is 16.9 Å². The van der Waals surface area contributed by atoms with E-state index in [4.69, 9.17) is 0 Å². The summed E-state index contributed by atoms with van der Waals surface area (Å²) in [6.45, 7) is 2.68. The summed E-state index contributed by atoms with van der Waals surface area (Å²) in [6, 6.07) is 4.16. The van der Waals surface area contributed by atoms with Gasteiger partial charge in [-0.15, -0.1) is 0 Å². The number of pyridine rings is 1. The van der Waals surface area contributed by atoms with E-state index in [-0.39, 0.29) is 18.0 Å². The largest absolute Gasteiger partial charge is 0.346 e. The summed E-state index contributed by atoms with van der Waals surface area (Å²) < 4.78 is 3.62. The number of nitrogens with zero attached hydrogens (tertiary/aromatic N) is 5. The van der Waals surface area contributed by atoms with Crippen LogP contribution >= 0.6 is 0 Å². The molecular formula is C18H23N7O. The van der Waals surface area contributed by atoms with Crippen LogP contribution in [0.1, 0.15) is 35.8 Å². The van der Waals surface area contributed by atoms with E-state index in [1.54, 1.807) is 10.9 Å². The third-order valence-corrected chi connectivity index (χ3v) is 5.07. The Balaban J connectivity index is 1.53. The molecule has 2 N–H and O–H groups in total. The van der Waals surface area contributed by atoms with E-state index < -0.39 is 0 Å². The van der Waals surface area contributed by atoms with Crippen LogP contribution in [0.2, 0.25) is 0 Å². The number of hydrogen-bond donors (Lipinski definition) is 2. The summed E-state index contributed by atoms with van der Waals surface area (Å²) in [6.07, 6.45) is 4.97. The summed E-state index contributed by atoms with van der Waals surface area (Å²) in [7, 11) is 3.81. The van der Waals surface area contributed by atoms with Crippen LogP contribution in [0.4, 0.5) is 0 Å². The molecule has 0 unspecified atom stereocenters. The van der Waals surface area contributed by atoms with Crippen LogP contribution in [0.5, 0.6) is 0 Å². The first-order chi connectivity index (χ1) is 12.5. The van der Waals surface area contributed by atoms with Gasteiger partial charge in [0.05, 0.1) is 17.4 Å². The normalized spacial score (nSPS) is 20.5. The van der Waals surface area contributed by atoms with E-state index in [0.717, 1.165) is 34.4 Å². The fourth-order valence-corrected chi connectivity index (χ4v) is 3.69. The van der Waals surface area contributed by atoms with Crippen LogP contribution in [-0.4, -0.2) is 36.5 Å². The SMILES string of the molecule is Cc1nn(C)c2ncc(CN[C@@H]3CCC(=O)N[C@H]3c3ccnn3C)cc12. The molecule has 3 aromatic heterocycles. The second-order valence-electron chi connectivity index (χ2n) is 6.87. The molecule has 136 valence electrons. The first kappa shape index (κ1) is 16.7. The summed E-state index contributed by atoms with van der Waals surface area (Å²) >= 11 is 0. The van der Waals surface area contributed by atoms with Gasteiger partial charge >= 0.3 is 0 Å². The molecule has 1 aliphatic heterocycles. The van der Waals surface area contributed by atoms with Crippen molar-refractivity contribution in [3.05, 3.63) is 41.5 Å². The molecule has 0 aliphatic carbocycles. The molecule has 0 radical (unpaired) electrons. The third-order valence-electron chi connectivity index (χ3n) is 5.07. The van der Waals surface area contributed by atoms with Gasteiger partial charge in [0, 0.05) is 50.9 Å². The highest BCUT2D eigenvalue weighted by Gasteiger charge is 2.31. The van der Waals surface area contributed by atoms with Crippen LogP contribution in [0.25, 0.3) is 11.0 Å². The van der Waals surface area contributed by atoms with Gasteiger partial charge < -0.3 is 10.6 Å². The first-order valence-electron chi connectivity index (χ1n) is 8.82. The molecule has 0 spiro atoms. The number of rotatable bonds is 4. The average molecular weight is 353 g/mol. The van der Waals surface area contributed by atoms with Crippen molar-refractivity contribution in [2.24, 2.45) is 14.1 Å². The van der Waals surface area contributed by atoms with Crippen LogP contribution in [0.3, 0.4) is 0 Å². The Hall–Kier alpha value is -2.74. The number of carbonyl (C=O) groups is 1. The Kier molecular flexibility index (Phi) is 4.20. The van der Waals surface area contributed by atoms with E-state index in [0.29, 0.717) is 13.0 Å². The first-order valence-corrected chi connectivity index (χ1v) is 8.82. The van der Waals surface area contributed by atoms with E-state index in [2.05, 4.69) is 31.9 Å². The highest BCUT2D eigenvalue weighted by atomic mass is 16.1. The molecular weight excluding hydrogens is 330 g/mol. The predicted molar refractivity (Wildman–Crippen MR) is 97.2 cm³/mol. The molecule has 4 heterocycles. The minimum Gasteiger partial charge on any atom is -0.346 e. The van der Waals surface area contributed by atoms with Gasteiger partial charge in [-0.2, -0.15) is 10.2 Å². The molecule has 8 heteroatoms. The Morgan fingerprint density at radius 2 is 2.19 bits per heavy atom. The molecule has 8 nitrogen and oxygen atoms in total. The van der Waals surface area contributed by atoms with E-state index >= 15 is 0 Å². The van der Waals surface area contributed by atoms with Crippen molar-refractivity contribution in [2.45, 2.75) is 38.4 Å². The van der Waals surface area contributed by atoms with Gasteiger partial charge in [-0.05, 0) is 31.0 Å². The summed E-state index contributed by atoms with van der Waals surface area (Å²) in [5.41, 5.74) is 3.99. The van der Waals surface area contributed by atoms with Gasteiger partial charge in [0.25, 0.3) is 0 Å². The second kappa shape index (κ2) is 6.53. The fourth-order valence-electron chi connectivity index (χ4n) is 3.69. The van der Waals surface area contributed by atoms with Gasteiger partial charge in [-0.1, -0.05) is 0 Å². The fraction of sp³-hybridized carbons (Fsp3) is 0.444. The zero-order valence-electron chi connectivity index (χ0n) is 15.2. The highest BCUT2D eigenvalue weighted by molar-refractivity contribution is 5.78. The number of aryl methyl sites for hydroxylation is 3. The number of piperidine rings is 1. The van der Waals surface area contributed by atoms with Crippen molar-refractivity contribution in [2.75, 3.05) is 0 Å². The molecule has 1 saturated heterocycles. The molecule has 0 aromatic carbocycles. The second-order valence-corrected chi connectivity index (χ2v) is 6.87.